The molecule has 5 heteroatoms. The van der Waals surface area contributed by atoms with Gasteiger partial charge in [-0.25, -0.2) is 4.79 Å². The molecular formula is C11H22N2O3. The molecule has 0 spiro atoms. The quantitative estimate of drug-likeness (QED) is 0.639. The molecule has 0 aromatic heterocycles. The van der Waals surface area contributed by atoms with Gasteiger partial charge in [-0.05, 0) is 19.3 Å². The summed E-state index contributed by atoms with van der Waals surface area (Å²) in [4.78, 5) is 11.4. The molecule has 1 aliphatic heterocycles. The van der Waals surface area contributed by atoms with Gasteiger partial charge in [-0.15, -0.1) is 0 Å². The smallest absolute Gasteiger partial charge is 0.315 e. The molecule has 5 nitrogen and oxygen atoms in total. The lowest BCUT2D eigenvalue weighted by atomic mass is 10.3. The van der Waals surface area contributed by atoms with Crippen LogP contribution in [-0.2, 0) is 9.47 Å². The molecule has 0 bridgehead atoms. The Morgan fingerprint density at radius 2 is 2.38 bits per heavy atom. The molecule has 2 N–H and O–H groups in total. The second kappa shape index (κ2) is 8.35. The maximum absolute atomic E-state index is 11.4. The van der Waals surface area contributed by atoms with Crippen molar-refractivity contribution in [3.8, 4) is 0 Å². The Morgan fingerprint density at radius 1 is 1.50 bits per heavy atom. The van der Waals surface area contributed by atoms with Gasteiger partial charge in [-0.3, -0.25) is 0 Å². The van der Waals surface area contributed by atoms with Gasteiger partial charge in [0.2, 0.25) is 0 Å². The van der Waals surface area contributed by atoms with Gasteiger partial charge in [0.15, 0.2) is 0 Å². The summed E-state index contributed by atoms with van der Waals surface area (Å²) in [5.74, 6) is 0. The molecule has 1 atom stereocenters. The zero-order chi connectivity index (χ0) is 11.6. The molecular weight excluding hydrogens is 208 g/mol. The van der Waals surface area contributed by atoms with Crippen molar-refractivity contribution in [2.45, 2.75) is 32.2 Å². The lowest BCUT2D eigenvalue weighted by Gasteiger charge is -2.11. The number of hydrogen-bond acceptors (Lipinski definition) is 3. The largest absolute Gasteiger partial charge is 0.381 e. The van der Waals surface area contributed by atoms with Crippen molar-refractivity contribution in [3.63, 3.8) is 0 Å². The molecule has 2 amide bonds. The van der Waals surface area contributed by atoms with Crippen molar-refractivity contribution in [2.75, 3.05) is 33.0 Å². The van der Waals surface area contributed by atoms with Crippen LogP contribution in [0, 0.1) is 0 Å². The van der Waals surface area contributed by atoms with E-state index in [1.807, 2.05) is 0 Å². The Morgan fingerprint density at radius 3 is 3.06 bits per heavy atom. The molecule has 1 rings (SSSR count). The summed E-state index contributed by atoms with van der Waals surface area (Å²) in [6.45, 7) is 5.62. The van der Waals surface area contributed by atoms with Gasteiger partial charge < -0.3 is 20.1 Å². The van der Waals surface area contributed by atoms with E-state index in [0.29, 0.717) is 19.8 Å². The van der Waals surface area contributed by atoms with Crippen LogP contribution < -0.4 is 10.6 Å². The Balaban J connectivity index is 1.89. The van der Waals surface area contributed by atoms with Crippen molar-refractivity contribution < 1.29 is 14.3 Å². The highest BCUT2D eigenvalue weighted by Crippen LogP contribution is 2.02. The topological polar surface area (TPSA) is 59.6 Å². The van der Waals surface area contributed by atoms with Crippen molar-refractivity contribution in [2.24, 2.45) is 0 Å². The van der Waals surface area contributed by atoms with E-state index in [1.165, 1.54) is 0 Å². The summed E-state index contributed by atoms with van der Waals surface area (Å²) in [5.41, 5.74) is 0. The standard InChI is InChI=1S/C11H22N2O3/c1-2-6-15-7-3-5-12-11(14)13-10-4-8-16-9-10/h10H,2-9H2,1H3,(H2,12,13,14). The fourth-order valence-corrected chi connectivity index (χ4v) is 1.51. The van der Waals surface area contributed by atoms with Crippen LogP contribution >= 0.6 is 0 Å². The fourth-order valence-electron chi connectivity index (χ4n) is 1.51. The maximum Gasteiger partial charge on any atom is 0.315 e. The first-order chi connectivity index (χ1) is 7.83. The molecule has 1 saturated heterocycles. The van der Waals surface area contributed by atoms with Gasteiger partial charge in [0.05, 0.1) is 12.6 Å². The highest BCUT2D eigenvalue weighted by molar-refractivity contribution is 5.74. The Hall–Kier alpha value is -0.810. The van der Waals surface area contributed by atoms with E-state index in [4.69, 9.17) is 9.47 Å². The van der Waals surface area contributed by atoms with Gasteiger partial charge in [0, 0.05) is 26.4 Å². The van der Waals surface area contributed by atoms with Crippen LogP contribution in [0.25, 0.3) is 0 Å². The van der Waals surface area contributed by atoms with Crippen molar-refractivity contribution in [1.82, 2.24) is 10.6 Å². The number of urea groups is 1. The highest BCUT2D eigenvalue weighted by Gasteiger charge is 2.16. The van der Waals surface area contributed by atoms with Crippen LogP contribution in [0.15, 0.2) is 0 Å². The minimum Gasteiger partial charge on any atom is -0.381 e. The van der Waals surface area contributed by atoms with E-state index < -0.39 is 0 Å². The Kier molecular flexibility index (Phi) is 6.92. The molecule has 0 aromatic carbocycles. The zero-order valence-electron chi connectivity index (χ0n) is 9.96. The average molecular weight is 230 g/mol. The molecule has 1 heterocycles. The summed E-state index contributed by atoms with van der Waals surface area (Å²) in [6, 6.07) is 0.0716. The lowest BCUT2D eigenvalue weighted by Crippen LogP contribution is -2.42. The van der Waals surface area contributed by atoms with E-state index in [0.717, 1.165) is 32.5 Å². The van der Waals surface area contributed by atoms with Gasteiger partial charge in [0.1, 0.15) is 0 Å². The molecule has 1 unspecified atom stereocenters. The van der Waals surface area contributed by atoms with E-state index in [-0.39, 0.29) is 12.1 Å². The van der Waals surface area contributed by atoms with E-state index in [9.17, 15) is 4.79 Å². The van der Waals surface area contributed by atoms with Gasteiger partial charge in [-0.1, -0.05) is 6.92 Å². The molecule has 0 saturated carbocycles. The van der Waals surface area contributed by atoms with Crippen LogP contribution in [-0.4, -0.2) is 45.0 Å². The van der Waals surface area contributed by atoms with E-state index in [2.05, 4.69) is 17.6 Å². The molecule has 16 heavy (non-hydrogen) atoms. The monoisotopic (exact) mass is 230 g/mol. The van der Waals surface area contributed by atoms with Crippen LogP contribution in [0.5, 0.6) is 0 Å². The summed E-state index contributed by atoms with van der Waals surface area (Å²) in [6.07, 6.45) is 2.80. The summed E-state index contributed by atoms with van der Waals surface area (Å²) >= 11 is 0. The van der Waals surface area contributed by atoms with Crippen LogP contribution in [0.3, 0.4) is 0 Å². The molecule has 0 radical (unpaired) electrons. The van der Waals surface area contributed by atoms with Crippen molar-refractivity contribution in [1.29, 1.82) is 0 Å². The fraction of sp³-hybridized carbons (Fsp3) is 0.909. The minimum atomic E-state index is -0.106. The van der Waals surface area contributed by atoms with Crippen molar-refractivity contribution in [3.05, 3.63) is 0 Å². The number of rotatable bonds is 7. The van der Waals surface area contributed by atoms with Gasteiger partial charge in [-0.2, -0.15) is 0 Å². The first kappa shape index (κ1) is 13.3. The number of carbonyl (C=O) groups excluding carboxylic acids is 1. The Bertz CT molecular complexity index is 194. The molecule has 94 valence electrons. The van der Waals surface area contributed by atoms with Gasteiger partial charge in [0.25, 0.3) is 0 Å². The molecule has 1 aliphatic rings. The molecule has 0 aromatic rings. The third-order valence-corrected chi connectivity index (χ3v) is 2.36. The predicted molar refractivity (Wildman–Crippen MR) is 61.5 cm³/mol. The average Bonchev–Trinajstić information content (AvgIpc) is 2.76. The molecule has 1 fully saturated rings. The number of nitrogens with one attached hydrogen (secondary N) is 2. The van der Waals surface area contributed by atoms with Gasteiger partial charge >= 0.3 is 6.03 Å². The minimum absolute atomic E-state index is 0.106. The zero-order valence-corrected chi connectivity index (χ0v) is 9.96. The number of carbonyl (C=O) groups is 1. The number of amides is 2. The van der Waals surface area contributed by atoms with E-state index >= 15 is 0 Å². The first-order valence-corrected chi connectivity index (χ1v) is 6.02. The third kappa shape index (κ3) is 5.92. The molecule has 0 aliphatic carbocycles. The van der Waals surface area contributed by atoms with Crippen molar-refractivity contribution >= 4 is 6.03 Å². The highest BCUT2D eigenvalue weighted by atomic mass is 16.5. The second-order valence-corrected chi connectivity index (χ2v) is 3.93. The Labute approximate surface area is 96.9 Å². The SMILES string of the molecule is CCCOCCCNC(=O)NC1CCOC1. The first-order valence-electron chi connectivity index (χ1n) is 6.02. The third-order valence-electron chi connectivity index (χ3n) is 2.36. The van der Waals surface area contributed by atoms with Crippen LogP contribution in [0.1, 0.15) is 26.2 Å². The number of ether oxygens (including phenoxy) is 2. The summed E-state index contributed by atoms with van der Waals surface area (Å²) in [5, 5.41) is 5.67. The lowest BCUT2D eigenvalue weighted by molar-refractivity contribution is 0.132. The summed E-state index contributed by atoms with van der Waals surface area (Å²) < 4.78 is 10.5. The van der Waals surface area contributed by atoms with Crippen LogP contribution in [0.4, 0.5) is 4.79 Å². The maximum atomic E-state index is 11.4. The summed E-state index contributed by atoms with van der Waals surface area (Å²) in [7, 11) is 0. The second-order valence-electron chi connectivity index (χ2n) is 3.93. The normalized spacial score (nSPS) is 19.7. The predicted octanol–water partition coefficient (Wildman–Crippen LogP) is 0.891. The van der Waals surface area contributed by atoms with E-state index in [1.54, 1.807) is 0 Å². The van der Waals surface area contributed by atoms with Crippen LogP contribution in [0.2, 0.25) is 0 Å². The number of hydrogen-bond donors (Lipinski definition) is 2.